The molecular weight excluding hydrogens is 334 g/mol. The molecular formula is C18H19N5OS. The van der Waals surface area contributed by atoms with Gasteiger partial charge in [-0.15, -0.1) is 0 Å². The van der Waals surface area contributed by atoms with Crippen LogP contribution in [0.15, 0.2) is 24.3 Å². The molecule has 2 heterocycles. The molecule has 0 saturated carbocycles. The zero-order valence-corrected chi connectivity index (χ0v) is 15.1. The molecule has 3 aromatic rings. The topological polar surface area (TPSA) is 83.6 Å². The second-order valence-electron chi connectivity index (χ2n) is 5.82. The number of nitrogens with zero attached hydrogens (tertiary/aromatic N) is 4. The van der Waals surface area contributed by atoms with Crippen LogP contribution in [0.25, 0.3) is 10.2 Å². The highest BCUT2D eigenvalue weighted by Gasteiger charge is 2.14. The van der Waals surface area contributed by atoms with Crippen molar-refractivity contribution in [3.8, 4) is 6.07 Å². The summed E-state index contributed by atoms with van der Waals surface area (Å²) in [5, 5.41) is 16.7. The van der Waals surface area contributed by atoms with Crippen molar-refractivity contribution in [3.63, 3.8) is 0 Å². The number of hydrogen-bond donors (Lipinski definition) is 1. The minimum Gasteiger partial charge on any atom is -0.302 e. The first-order chi connectivity index (χ1) is 12.1. The van der Waals surface area contributed by atoms with Crippen LogP contribution in [0.2, 0.25) is 0 Å². The van der Waals surface area contributed by atoms with Gasteiger partial charge in [-0.25, -0.2) is 4.98 Å². The largest absolute Gasteiger partial charge is 0.302 e. The molecule has 128 valence electrons. The SMILES string of the molecule is Cc1nn(CCC#N)c(C)c1CCC(=O)Nc1nc2ccccc2s1. The maximum Gasteiger partial charge on any atom is 0.226 e. The van der Waals surface area contributed by atoms with E-state index in [-0.39, 0.29) is 5.91 Å². The number of rotatable bonds is 6. The van der Waals surface area contributed by atoms with Crippen LogP contribution in [-0.2, 0) is 17.8 Å². The third-order valence-corrected chi connectivity index (χ3v) is 5.06. The monoisotopic (exact) mass is 353 g/mol. The van der Waals surface area contributed by atoms with E-state index in [1.54, 1.807) is 0 Å². The van der Waals surface area contributed by atoms with Gasteiger partial charge >= 0.3 is 0 Å². The molecule has 0 atom stereocenters. The fraction of sp³-hybridized carbons (Fsp3) is 0.333. The van der Waals surface area contributed by atoms with Crippen LogP contribution in [0.1, 0.15) is 29.8 Å². The van der Waals surface area contributed by atoms with Crippen LogP contribution in [0, 0.1) is 25.2 Å². The smallest absolute Gasteiger partial charge is 0.226 e. The lowest BCUT2D eigenvalue weighted by Crippen LogP contribution is -2.12. The van der Waals surface area contributed by atoms with E-state index in [0.29, 0.717) is 30.9 Å². The Bertz CT molecular complexity index is 917. The number of hydrogen-bond acceptors (Lipinski definition) is 5. The first-order valence-corrected chi connectivity index (χ1v) is 8.95. The fourth-order valence-corrected chi connectivity index (χ4v) is 3.70. The maximum absolute atomic E-state index is 12.2. The lowest BCUT2D eigenvalue weighted by Gasteiger charge is -2.04. The summed E-state index contributed by atoms with van der Waals surface area (Å²) in [5.74, 6) is -0.0531. The highest BCUT2D eigenvalue weighted by atomic mass is 32.1. The maximum atomic E-state index is 12.2. The molecule has 3 rings (SSSR count). The first kappa shape index (κ1) is 17.1. The minimum absolute atomic E-state index is 0.0531. The quantitative estimate of drug-likeness (QED) is 0.734. The Morgan fingerprint density at radius 3 is 2.92 bits per heavy atom. The van der Waals surface area contributed by atoms with Crippen LogP contribution in [0.4, 0.5) is 5.13 Å². The van der Waals surface area contributed by atoms with Crippen molar-refractivity contribution >= 4 is 32.6 Å². The van der Waals surface area contributed by atoms with E-state index >= 15 is 0 Å². The van der Waals surface area contributed by atoms with E-state index in [2.05, 4.69) is 21.5 Å². The number of nitriles is 1. The standard InChI is InChI=1S/C18H19N5OS/c1-12-14(13(2)23(22-12)11-5-10-19)8-9-17(24)21-18-20-15-6-3-4-7-16(15)25-18/h3-4,6-7H,5,8-9,11H2,1-2H3,(H,20,21,24). The summed E-state index contributed by atoms with van der Waals surface area (Å²) in [5.41, 5.74) is 3.93. The lowest BCUT2D eigenvalue weighted by molar-refractivity contribution is -0.116. The molecule has 0 saturated heterocycles. The first-order valence-electron chi connectivity index (χ1n) is 8.13. The molecule has 0 spiro atoms. The minimum atomic E-state index is -0.0531. The number of amides is 1. The van der Waals surface area contributed by atoms with Gasteiger partial charge in [-0.2, -0.15) is 10.4 Å². The second-order valence-corrected chi connectivity index (χ2v) is 6.85. The third kappa shape index (κ3) is 3.86. The van der Waals surface area contributed by atoms with Crippen LogP contribution < -0.4 is 5.32 Å². The van der Waals surface area contributed by atoms with Crippen LogP contribution in [-0.4, -0.2) is 20.7 Å². The van der Waals surface area contributed by atoms with Crippen LogP contribution in [0.3, 0.4) is 0 Å². The van der Waals surface area contributed by atoms with Crippen molar-refractivity contribution in [3.05, 3.63) is 41.2 Å². The van der Waals surface area contributed by atoms with Gasteiger partial charge in [0.25, 0.3) is 0 Å². The number of anilines is 1. The Morgan fingerprint density at radius 2 is 2.16 bits per heavy atom. The van der Waals surface area contributed by atoms with Gasteiger partial charge in [0.1, 0.15) is 0 Å². The summed E-state index contributed by atoms with van der Waals surface area (Å²) >= 11 is 1.48. The van der Waals surface area contributed by atoms with E-state index in [1.807, 2.05) is 42.8 Å². The van der Waals surface area contributed by atoms with Gasteiger partial charge in [0.05, 0.1) is 34.9 Å². The number of fused-ring (bicyclic) bond motifs is 1. The molecule has 0 aliphatic rings. The number of para-hydroxylation sites is 1. The van der Waals surface area contributed by atoms with E-state index < -0.39 is 0 Å². The predicted molar refractivity (Wildman–Crippen MR) is 98.5 cm³/mol. The van der Waals surface area contributed by atoms with E-state index in [0.717, 1.165) is 27.2 Å². The number of aryl methyl sites for hydroxylation is 2. The van der Waals surface area contributed by atoms with Gasteiger partial charge in [-0.1, -0.05) is 23.5 Å². The molecule has 1 N–H and O–H groups in total. The van der Waals surface area contributed by atoms with Gasteiger partial charge < -0.3 is 5.32 Å². The zero-order chi connectivity index (χ0) is 17.8. The van der Waals surface area contributed by atoms with Crippen molar-refractivity contribution in [2.75, 3.05) is 5.32 Å². The molecule has 2 aromatic heterocycles. The number of thiazole rings is 1. The molecule has 0 fully saturated rings. The molecule has 0 aliphatic carbocycles. The number of aromatic nitrogens is 3. The third-order valence-electron chi connectivity index (χ3n) is 4.11. The summed E-state index contributed by atoms with van der Waals surface area (Å²) in [6, 6.07) is 9.95. The molecule has 0 bridgehead atoms. The molecule has 7 heteroatoms. The average Bonchev–Trinajstić information content (AvgIpc) is 3.11. The van der Waals surface area contributed by atoms with E-state index in [1.165, 1.54) is 11.3 Å². The van der Waals surface area contributed by atoms with Crippen LogP contribution in [0.5, 0.6) is 0 Å². The van der Waals surface area contributed by atoms with Crippen molar-refractivity contribution in [1.82, 2.24) is 14.8 Å². The Kier molecular flexibility index (Phi) is 5.10. The van der Waals surface area contributed by atoms with Gasteiger partial charge in [-0.05, 0) is 38.0 Å². The fourth-order valence-electron chi connectivity index (χ4n) is 2.82. The Labute approximate surface area is 150 Å². The average molecular weight is 353 g/mol. The van der Waals surface area contributed by atoms with E-state index in [9.17, 15) is 4.79 Å². The van der Waals surface area contributed by atoms with Crippen molar-refractivity contribution in [2.24, 2.45) is 0 Å². The molecule has 0 radical (unpaired) electrons. The van der Waals surface area contributed by atoms with Crippen LogP contribution >= 0.6 is 11.3 Å². The van der Waals surface area contributed by atoms with Gasteiger partial charge in [0.15, 0.2) is 5.13 Å². The molecule has 6 nitrogen and oxygen atoms in total. The molecule has 0 aliphatic heterocycles. The van der Waals surface area contributed by atoms with Crippen molar-refractivity contribution in [1.29, 1.82) is 5.26 Å². The number of carbonyl (C=O) groups is 1. The Morgan fingerprint density at radius 1 is 1.36 bits per heavy atom. The summed E-state index contributed by atoms with van der Waals surface area (Å²) in [4.78, 5) is 16.7. The number of benzene rings is 1. The highest BCUT2D eigenvalue weighted by Crippen LogP contribution is 2.25. The van der Waals surface area contributed by atoms with E-state index in [4.69, 9.17) is 5.26 Å². The lowest BCUT2D eigenvalue weighted by atomic mass is 10.1. The summed E-state index contributed by atoms with van der Waals surface area (Å²) in [6.45, 7) is 4.51. The molecule has 1 amide bonds. The predicted octanol–water partition coefficient (Wildman–Crippen LogP) is 3.59. The molecule has 0 unspecified atom stereocenters. The number of carbonyl (C=O) groups excluding carboxylic acids is 1. The second kappa shape index (κ2) is 7.45. The Hall–Kier alpha value is -2.72. The van der Waals surface area contributed by atoms with Crippen molar-refractivity contribution < 1.29 is 4.79 Å². The normalized spacial score (nSPS) is 10.8. The summed E-state index contributed by atoms with van der Waals surface area (Å²) < 4.78 is 2.91. The number of nitrogens with one attached hydrogen (secondary N) is 1. The summed E-state index contributed by atoms with van der Waals surface area (Å²) in [7, 11) is 0. The molecule has 1 aromatic carbocycles. The summed E-state index contributed by atoms with van der Waals surface area (Å²) in [6.07, 6.45) is 1.43. The molecule has 25 heavy (non-hydrogen) atoms. The van der Waals surface area contributed by atoms with Gasteiger partial charge in [0, 0.05) is 12.1 Å². The zero-order valence-electron chi connectivity index (χ0n) is 14.2. The Balaban J connectivity index is 1.62. The van der Waals surface area contributed by atoms with Gasteiger partial charge in [0.2, 0.25) is 5.91 Å². The van der Waals surface area contributed by atoms with Crippen molar-refractivity contribution in [2.45, 2.75) is 39.7 Å². The highest BCUT2D eigenvalue weighted by molar-refractivity contribution is 7.22. The van der Waals surface area contributed by atoms with Gasteiger partial charge in [-0.3, -0.25) is 9.48 Å².